The first-order valence-corrected chi connectivity index (χ1v) is 13.2. The molecule has 33 heavy (non-hydrogen) atoms. The minimum absolute atomic E-state index is 0.0836. The lowest BCUT2D eigenvalue weighted by molar-refractivity contribution is -0.608. The van der Waals surface area contributed by atoms with Crippen LogP contribution in [-0.4, -0.2) is 48.9 Å². The number of rotatable bonds is 5. The number of carbonyl (C=O) groups excluding carboxylic acids is 1. The summed E-state index contributed by atoms with van der Waals surface area (Å²) in [4.78, 5) is 19.2. The lowest BCUT2D eigenvalue weighted by Gasteiger charge is -2.51. The first-order chi connectivity index (χ1) is 15.0. The summed E-state index contributed by atoms with van der Waals surface area (Å²) in [6, 6.07) is 7.88. The Bertz CT molecular complexity index is 908. The molecule has 5 nitrogen and oxygen atoms in total. The van der Waals surface area contributed by atoms with Gasteiger partial charge < -0.3 is 0 Å². The molecule has 0 spiro atoms. The summed E-state index contributed by atoms with van der Waals surface area (Å²) < 4.78 is 0.756. The maximum atomic E-state index is 12.7. The zero-order chi connectivity index (χ0) is 24.8. The van der Waals surface area contributed by atoms with Gasteiger partial charge in [-0.2, -0.15) is 5.06 Å². The lowest BCUT2D eigenvalue weighted by atomic mass is 9.81. The van der Waals surface area contributed by atoms with E-state index in [1.165, 1.54) is 6.42 Å². The third-order valence-corrected chi connectivity index (χ3v) is 7.71. The van der Waals surface area contributed by atoms with Crippen molar-refractivity contribution in [3.8, 4) is 0 Å². The smallest absolute Gasteiger partial charge is 0.291 e. The number of amides is 1. The summed E-state index contributed by atoms with van der Waals surface area (Å²) in [5.74, 6) is -0.691. The number of alkyl halides is 3. The van der Waals surface area contributed by atoms with Gasteiger partial charge in [0.25, 0.3) is 3.79 Å². The second-order valence-electron chi connectivity index (χ2n) is 11.0. The monoisotopic (exact) mass is 580 g/mol. The third-order valence-electron chi connectivity index (χ3n) is 6.66. The van der Waals surface area contributed by atoms with Crippen LogP contribution in [0.25, 0.3) is 0 Å². The summed E-state index contributed by atoms with van der Waals surface area (Å²) >= 11 is 21.2. The molecule has 2 aliphatic heterocycles. The fourth-order valence-electron chi connectivity index (χ4n) is 5.36. The van der Waals surface area contributed by atoms with Crippen LogP contribution in [0, 0.1) is 5.41 Å². The molecule has 2 heterocycles. The van der Waals surface area contributed by atoms with Crippen LogP contribution >= 0.6 is 50.7 Å². The highest BCUT2D eigenvalue weighted by Gasteiger charge is 2.51. The van der Waals surface area contributed by atoms with Crippen LogP contribution in [0.1, 0.15) is 72.8 Å². The zero-order valence-electron chi connectivity index (χ0n) is 20.1. The fourth-order valence-corrected chi connectivity index (χ4v) is 5.75. The molecule has 2 aliphatic rings. The average molecular weight is 583 g/mol. The quantitative estimate of drug-likeness (QED) is 0.322. The second kappa shape index (κ2) is 9.59. The molecule has 184 valence electrons. The molecule has 9 heteroatoms. The Balaban J connectivity index is 1.97. The van der Waals surface area contributed by atoms with Gasteiger partial charge in [0, 0.05) is 27.5 Å². The van der Waals surface area contributed by atoms with E-state index in [0.717, 1.165) is 35.0 Å². The molecule has 1 aromatic carbocycles. The van der Waals surface area contributed by atoms with Crippen LogP contribution in [-0.2, 0) is 9.63 Å². The molecule has 0 aromatic heterocycles. The van der Waals surface area contributed by atoms with Crippen LogP contribution in [0.5, 0.6) is 0 Å². The van der Waals surface area contributed by atoms with Crippen molar-refractivity contribution in [1.29, 1.82) is 0 Å². The first kappa shape index (κ1) is 27.2. The summed E-state index contributed by atoms with van der Waals surface area (Å²) in [6.07, 6.45) is 4.07. The van der Waals surface area contributed by atoms with Gasteiger partial charge >= 0.3 is 5.91 Å². The Hall–Kier alpha value is -0.370. The van der Waals surface area contributed by atoms with Crippen molar-refractivity contribution in [3.63, 3.8) is 0 Å². The molecule has 3 rings (SSSR count). The van der Waals surface area contributed by atoms with Crippen molar-refractivity contribution in [1.82, 2.24) is 10.5 Å². The normalized spacial score (nSPS) is 24.7. The number of piperidine rings is 1. The molecule has 1 fully saturated rings. The summed E-state index contributed by atoms with van der Waals surface area (Å²) in [5.41, 5.74) is 4.42. The number of benzene rings is 1. The SMILES string of the molecule is CC1(C)CC(CON2C(C)(C)CCCC2(C)C)[N+](NC(=O)C(Cl)(Cl)Cl)=C1c1ccc(Br)cc1. The highest BCUT2D eigenvalue weighted by molar-refractivity contribution is 9.10. The molecule has 1 saturated heterocycles. The van der Waals surface area contributed by atoms with Crippen LogP contribution < -0.4 is 5.43 Å². The maximum Gasteiger partial charge on any atom is 0.325 e. The molecular formula is C24H34BrCl3N3O2+. The van der Waals surface area contributed by atoms with Crippen LogP contribution in [0.2, 0.25) is 0 Å². The number of hydrazine groups is 1. The van der Waals surface area contributed by atoms with Crippen molar-refractivity contribution in [2.24, 2.45) is 5.41 Å². The summed E-state index contributed by atoms with van der Waals surface area (Å²) in [7, 11) is 0. The van der Waals surface area contributed by atoms with Crippen LogP contribution in [0.15, 0.2) is 28.7 Å². The third kappa shape index (κ3) is 6.07. The van der Waals surface area contributed by atoms with E-state index < -0.39 is 9.70 Å². The number of hydrazone groups is 1. The molecule has 0 aliphatic carbocycles. The Morgan fingerprint density at radius 2 is 1.67 bits per heavy atom. The summed E-state index contributed by atoms with van der Waals surface area (Å²) in [5, 5.41) is 2.14. The molecule has 1 N–H and O–H groups in total. The minimum atomic E-state index is -2.07. The Kier molecular flexibility index (Phi) is 7.91. The molecule has 1 aromatic rings. The van der Waals surface area contributed by atoms with E-state index in [4.69, 9.17) is 39.6 Å². The number of halogens is 4. The molecule has 1 atom stereocenters. The van der Waals surface area contributed by atoms with Crippen LogP contribution in [0.4, 0.5) is 0 Å². The van der Waals surface area contributed by atoms with E-state index in [0.29, 0.717) is 6.61 Å². The minimum Gasteiger partial charge on any atom is -0.291 e. The molecule has 1 amide bonds. The number of hydroxylamine groups is 2. The van der Waals surface area contributed by atoms with Gasteiger partial charge in [0.05, 0.1) is 5.41 Å². The van der Waals surface area contributed by atoms with E-state index in [9.17, 15) is 4.79 Å². The van der Waals surface area contributed by atoms with E-state index >= 15 is 0 Å². The lowest BCUT2D eigenvalue weighted by Crippen LogP contribution is -2.59. The van der Waals surface area contributed by atoms with Crippen molar-refractivity contribution < 1.29 is 14.3 Å². The summed E-state index contributed by atoms with van der Waals surface area (Å²) in [6.45, 7) is 13.6. The fraction of sp³-hybridized carbons (Fsp3) is 0.667. The largest absolute Gasteiger partial charge is 0.325 e. The second-order valence-corrected chi connectivity index (χ2v) is 14.2. The van der Waals surface area contributed by atoms with E-state index in [-0.39, 0.29) is 22.5 Å². The molecule has 0 bridgehead atoms. The van der Waals surface area contributed by atoms with E-state index in [1.54, 1.807) is 0 Å². The van der Waals surface area contributed by atoms with Gasteiger partial charge in [-0.05, 0) is 85.1 Å². The van der Waals surface area contributed by atoms with Gasteiger partial charge in [-0.25, -0.2) is 0 Å². The van der Waals surface area contributed by atoms with Gasteiger partial charge in [-0.1, -0.05) is 50.7 Å². The molecule has 0 radical (unpaired) electrons. The number of nitrogens with zero attached hydrogens (tertiary/aromatic N) is 2. The van der Waals surface area contributed by atoms with Crippen molar-refractivity contribution in [2.45, 2.75) is 88.1 Å². The number of carbonyl (C=O) groups is 1. The van der Waals surface area contributed by atoms with Crippen molar-refractivity contribution in [2.75, 3.05) is 6.61 Å². The van der Waals surface area contributed by atoms with Crippen LogP contribution in [0.3, 0.4) is 0 Å². The number of hydrogen-bond donors (Lipinski definition) is 1. The van der Waals surface area contributed by atoms with Crippen molar-refractivity contribution in [3.05, 3.63) is 34.3 Å². The van der Waals surface area contributed by atoms with E-state index in [2.05, 4.69) is 68.0 Å². The van der Waals surface area contributed by atoms with Gasteiger partial charge in [-0.3, -0.25) is 9.63 Å². The predicted molar refractivity (Wildman–Crippen MR) is 139 cm³/mol. The van der Waals surface area contributed by atoms with Gasteiger partial charge in [0.2, 0.25) is 11.8 Å². The van der Waals surface area contributed by atoms with E-state index in [1.807, 2.05) is 28.9 Å². The first-order valence-electron chi connectivity index (χ1n) is 11.3. The van der Waals surface area contributed by atoms with Gasteiger partial charge in [-0.15, -0.1) is 10.1 Å². The molecular weight excluding hydrogens is 549 g/mol. The van der Waals surface area contributed by atoms with Gasteiger partial charge in [0.15, 0.2) is 0 Å². The Morgan fingerprint density at radius 3 is 2.18 bits per heavy atom. The number of nitrogens with one attached hydrogen (secondary N) is 1. The average Bonchev–Trinajstić information content (AvgIpc) is 2.90. The Labute approximate surface area is 220 Å². The topological polar surface area (TPSA) is 44.6 Å². The molecule has 0 saturated carbocycles. The standard InChI is InChI=1S/C24H33BrCl3N3O2/c1-21(2)14-18(15-33-31-22(3,4)12-7-13-23(31,5)6)30(29-20(32)24(26,27)28)19(21)16-8-10-17(25)11-9-16/h8-11,18H,7,12-15H2,1-6H3/p+1. The van der Waals surface area contributed by atoms with Gasteiger partial charge in [0.1, 0.15) is 6.61 Å². The number of hydrogen-bond acceptors (Lipinski definition) is 3. The van der Waals surface area contributed by atoms with Crippen molar-refractivity contribution >= 4 is 62.4 Å². The maximum absolute atomic E-state index is 12.7. The molecule has 1 unspecified atom stereocenters. The predicted octanol–water partition coefficient (Wildman–Crippen LogP) is 6.43. The Morgan fingerprint density at radius 1 is 1.12 bits per heavy atom. The highest BCUT2D eigenvalue weighted by atomic mass is 79.9. The highest BCUT2D eigenvalue weighted by Crippen LogP contribution is 2.40. The zero-order valence-corrected chi connectivity index (χ0v) is 24.0.